The summed E-state index contributed by atoms with van der Waals surface area (Å²) in [5, 5.41) is 7.19. The van der Waals surface area contributed by atoms with Gasteiger partial charge in [0.25, 0.3) is 0 Å². The Kier molecular flexibility index (Phi) is 12.7. The fraction of sp³-hybridized carbons (Fsp3) is 0.682. The van der Waals surface area contributed by atoms with Gasteiger partial charge in [-0.3, -0.25) is 4.79 Å². The molecule has 6 heteroatoms. The van der Waals surface area contributed by atoms with Gasteiger partial charge in [-0.1, -0.05) is 69.0 Å². The molecule has 0 bridgehead atoms. The number of halogens is 1. The van der Waals surface area contributed by atoms with Gasteiger partial charge in [-0.05, 0) is 50.1 Å². The van der Waals surface area contributed by atoms with E-state index in [0.29, 0.717) is 18.5 Å². The number of allylic oxidation sites excluding steroid dienone is 4. The zero-order valence-electron chi connectivity index (χ0n) is 17.8. The summed E-state index contributed by atoms with van der Waals surface area (Å²) in [6, 6.07) is 0.203. The number of amides is 1. The maximum absolute atomic E-state index is 12.5. The van der Waals surface area contributed by atoms with Gasteiger partial charge in [0.15, 0.2) is 0 Å². The minimum atomic E-state index is 0.0925. The lowest BCUT2D eigenvalue weighted by Crippen LogP contribution is -2.42. The van der Waals surface area contributed by atoms with Crippen LogP contribution in [0.25, 0.3) is 0 Å². The summed E-state index contributed by atoms with van der Waals surface area (Å²) in [5.74, 6) is 0.836. The fourth-order valence-electron chi connectivity index (χ4n) is 3.49. The van der Waals surface area contributed by atoms with Gasteiger partial charge in [-0.2, -0.15) is 0 Å². The molecule has 0 heterocycles. The molecule has 0 aromatic heterocycles. The number of hydrogen-bond acceptors (Lipinski definition) is 4. The number of likely N-dealkylation sites (N-methyl/N-ethyl adjacent to an activating group) is 1. The van der Waals surface area contributed by atoms with E-state index in [9.17, 15) is 4.79 Å². The third-order valence-corrected chi connectivity index (χ3v) is 6.59. The van der Waals surface area contributed by atoms with Crippen LogP contribution in [0.15, 0.2) is 33.2 Å². The van der Waals surface area contributed by atoms with Crippen molar-refractivity contribution in [2.24, 2.45) is 11.7 Å². The van der Waals surface area contributed by atoms with Crippen molar-refractivity contribution in [3.05, 3.63) is 33.2 Å². The highest BCUT2D eigenvalue weighted by Gasteiger charge is 2.20. The molecule has 1 fully saturated rings. The minimum absolute atomic E-state index is 0.0925. The van der Waals surface area contributed by atoms with E-state index in [2.05, 4.69) is 17.2 Å². The van der Waals surface area contributed by atoms with E-state index >= 15 is 0 Å². The SMILES string of the molecule is C=C(CCC(=O)NC(CNC)CC1CCCCC1)SC(/C=C(/Cl)CC)=C(/C)N. The molecule has 0 aliphatic heterocycles. The van der Waals surface area contributed by atoms with Crippen LogP contribution in [0, 0.1) is 5.92 Å². The maximum atomic E-state index is 12.5. The van der Waals surface area contributed by atoms with Crippen molar-refractivity contribution in [2.45, 2.75) is 77.7 Å². The summed E-state index contributed by atoms with van der Waals surface area (Å²) in [6.45, 7) is 8.77. The quantitative estimate of drug-likeness (QED) is 0.364. The number of hydrogen-bond donors (Lipinski definition) is 3. The Balaban J connectivity index is 2.47. The van der Waals surface area contributed by atoms with E-state index in [1.807, 2.05) is 27.0 Å². The Hall–Kier alpha value is -0.910. The molecule has 1 atom stereocenters. The molecule has 4 N–H and O–H groups in total. The molecule has 0 spiro atoms. The second kappa shape index (κ2) is 14.1. The van der Waals surface area contributed by atoms with E-state index in [1.165, 1.54) is 43.9 Å². The molecule has 0 aromatic rings. The standard InChI is InChI=1S/C22H38ClN3OS/c1-5-19(23)14-21(17(3)24)28-16(2)11-12-22(27)26-20(15-25-4)13-18-9-7-6-8-10-18/h14,18,20,25H,2,5-13,15,24H2,1,3-4H3,(H,26,27)/b19-14+,21-17-. The smallest absolute Gasteiger partial charge is 0.220 e. The molecule has 1 amide bonds. The molecule has 1 rings (SSSR count). The molecule has 4 nitrogen and oxygen atoms in total. The molecule has 0 radical (unpaired) electrons. The predicted molar refractivity (Wildman–Crippen MR) is 124 cm³/mol. The molecule has 1 unspecified atom stereocenters. The first-order chi connectivity index (χ1) is 13.3. The second-order valence-electron chi connectivity index (χ2n) is 7.69. The predicted octanol–water partition coefficient (Wildman–Crippen LogP) is 5.41. The molecule has 28 heavy (non-hydrogen) atoms. The first-order valence-electron chi connectivity index (χ1n) is 10.5. The monoisotopic (exact) mass is 427 g/mol. The van der Waals surface area contributed by atoms with Crippen LogP contribution in [0.1, 0.15) is 71.6 Å². The van der Waals surface area contributed by atoms with Crippen LogP contribution in [0.5, 0.6) is 0 Å². The summed E-state index contributed by atoms with van der Waals surface area (Å²) in [4.78, 5) is 14.3. The van der Waals surface area contributed by atoms with Crippen molar-refractivity contribution in [1.29, 1.82) is 0 Å². The lowest BCUT2D eigenvalue weighted by molar-refractivity contribution is -0.121. The molecule has 1 aliphatic carbocycles. The Morgan fingerprint density at radius 1 is 1.32 bits per heavy atom. The number of carbonyl (C=O) groups is 1. The highest BCUT2D eigenvalue weighted by Crippen LogP contribution is 2.31. The van der Waals surface area contributed by atoms with E-state index in [4.69, 9.17) is 17.3 Å². The third kappa shape index (κ3) is 10.6. The van der Waals surface area contributed by atoms with Crippen molar-refractivity contribution < 1.29 is 4.79 Å². The van der Waals surface area contributed by atoms with Crippen molar-refractivity contribution in [3.8, 4) is 0 Å². The van der Waals surface area contributed by atoms with Crippen molar-refractivity contribution >= 4 is 29.3 Å². The van der Waals surface area contributed by atoms with Crippen LogP contribution < -0.4 is 16.4 Å². The van der Waals surface area contributed by atoms with E-state index < -0.39 is 0 Å². The normalized spacial score (nSPS) is 17.8. The van der Waals surface area contributed by atoms with Crippen molar-refractivity contribution in [1.82, 2.24) is 10.6 Å². The van der Waals surface area contributed by atoms with Gasteiger partial charge in [-0.25, -0.2) is 0 Å². The number of nitrogens with two attached hydrogens (primary N) is 1. The molecular formula is C22H38ClN3OS. The van der Waals surface area contributed by atoms with Crippen LogP contribution >= 0.6 is 23.4 Å². The van der Waals surface area contributed by atoms with Gasteiger partial charge >= 0.3 is 0 Å². The topological polar surface area (TPSA) is 67.2 Å². The molecule has 0 saturated heterocycles. The third-order valence-electron chi connectivity index (χ3n) is 5.06. The van der Waals surface area contributed by atoms with Crippen molar-refractivity contribution in [2.75, 3.05) is 13.6 Å². The number of thioether (sulfide) groups is 1. The van der Waals surface area contributed by atoms with Gasteiger partial charge in [0.05, 0.1) is 0 Å². The number of rotatable bonds is 12. The van der Waals surface area contributed by atoms with Crippen LogP contribution in [0.3, 0.4) is 0 Å². The Labute approximate surface area is 180 Å². The van der Waals surface area contributed by atoms with Gasteiger partial charge in [0, 0.05) is 34.6 Å². The van der Waals surface area contributed by atoms with E-state index in [-0.39, 0.29) is 11.9 Å². The van der Waals surface area contributed by atoms with Crippen LogP contribution in [0.2, 0.25) is 0 Å². The highest BCUT2D eigenvalue weighted by molar-refractivity contribution is 8.06. The van der Waals surface area contributed by atoms with Gasteiger partial charge in [0.2, 0.25) is 5.91 Å². The van der Waals surface area contributed by atoms with Crippen LogP contribution in [-0.2, 0) is 4.79 Å². The average Bonchev–Trinajstić information content (AvgIpc) is 2.66. The second-order valence-corrected chi connectivity index (χ2v) is 9.40. The average molecular weight is 428 g/mol. The Morgan fingerprint density at radius 2 is 2.00 bits per heavy atom. The number of nitrogens with one attached hydrogen (secondary N) is 2. The first-order valence-corrected chi connectivity index (χ1v) is 11.7. The molecule has 0 aromatic carbocycles. The van der Waals surface area contributed by atoms with Crippen molar-refractivity contribution in [3.63, 3.8) is 0 Å². The first kappa shape index (κ1) is 25.1. The maximum Gasteiger partial charge on any atom is 0.220 e. The van der Waals surface area contributed by atoms with Gasteiger partial charge < -0.3 is 16.4 Å². The van der Waals surface area contributed by atoms with Crippen LogP contribution in [0.4, 0.5) is 0 Å². The molecule has 160 valence electrons. The summed E-state index contributed by atoms with van der Waals surface area (Å²) < 4.78 is 0. The Bertz CT molecular complexity index is 564. The van der Waals surface area contributed by atoms with Gasteiger partial charge in [0.1, 0.15) is 0 Å². The fourth-order valence-corrected chi connectivity index (χ4v) is 4.54. The van der Waals surface area contributed by atoms with Crippen LogP contribution in [-0.4, -0.2) is 25.5 Å². The summed E-state index contributed by atoms with van der Waals surface area (Å²) >= 11 is 7.64. The Morgan fingerprint density at radius 3 is 2.57 bits per heavy atom. The minimum Gasteiger partial charge on any atom is -0.401 e. The van der Waals surface area contributed by atoms with E-state index in [1.54, 1.807) is 0 Å². The largest absolute Gasteiger partial charge is 0.401 e. The lowest BCUT2D eigenvalue weighted by atomic mass is 9.84. The lowest BCUT2D eigenvalue weighted by Gasteiger charge is -2.27. The van der Waals surface area contributed by atoms with E-state index in [0.717, 1.165) is 40.1 Å². The molecular weight excluding hydrogens is 390 g/mol. The zero-order valence-corrected chi connectivity index (χ0v) is 19.4. The van der Waals surface area contributed by atoms with Gasteiger partial charge in [-0.15, -0.1) is 0 Å². The molecule has 1 saturated carbocycles. The highest BCUT2D eigenvalue weighted by atomic mass is 35.5. The summed E-state index contributed by atoms with van der Waals surface area (Å²) in [7, 11) is 1.94. The number of carbonyl (C=O) groups excluding carboxylic acids is 1. The summed E-state index contributed by atoms with van der Waals surface area (Å²) in [6.07, 6.45) is 11.4. The zero-order chi connectivity index (χ0) is 20.9. The molecule has 1 aliphatic rings. The summed E-state index contributed by atoms with van der Waals surface area (Å²) in [5.41, 5.74) is 6.67.